The molecule has 0 saturated heterocycles. The summed E-state index contributed by atoms with van der Waals surface area (Å²) in [5.41, 5.74) is 1.49. The molecule has 3 rings (SSSR count). The second-order valence-corrected chi connectivity index (χ2v) is 5.77. The summed E-state index contributed by atoms with van der Waals surface area (Å²) in [5, 5.41) is 3.80. The zero-order chi connectivity index (χ0) is 11.5. The largest absolute Gasteiger partial charge is 0.310 e. The third-order valence-electron chi connectivity index (χ3n) is 4.39. The Morgan fingerprint density at radius 3 is 2.41 bits per heavy atom. The molecule has 0 aromatic heterocycles. The quantitative estimate of drug-likeness (QED) is 0.779. The van der Waals surface area contributed by atoms with E-state index in [1.165, 1.54) is 50.6 Å². The van der Waals surface area contributed by atoms with E-state index < -0.39 is 0 Å². The summed E-state index contributed by atoms with van der Waals surface area (Å²) in [7, 11) is 0. The van der Waals surface area contributed by atoms with E-state index in [0.717, 1.165) is 11.8 Å². The molecule has 1 aromatic carbocycles. The van der Waals surface area contributed by atoms with Crippen LogP contribution in [0, 0.1) is 11.8 Å². The van der Waals surface area contributed by atoms with E-state index in [9.17, 15) is 0 Å². The smallest absolute Gasteiger partial charge is 0.0348 e. The number of hydrogen-bond acceptors (Lipinski definition) is 1. The van der Waals surface area contributed by atoms with Crippen molar-refractivity contribution in [1.29, 1.82) is 0 Å². The zero-order valence-corrected chi connectivity index (χ0v) is 10.6. The van der Waals surface area contributed by atoms with Crippen LogP contribution in [-0.2, 0) is 0 Å². The van der Waals surface area contributed by atoms with Crippen molar-refractivity contribution < 1.29 is 0 Å². The van der Waals surface area contributed by atoms with Gasteiger partial charge in [0, 0.05) is 6.04 Å². The second-order valence-electron chi connectivity index (χ2n) is 5.77. The minimum Gasteiger partial charge on any atom is -0.310 e. The summed E-state index contributed by atoms with van der Waals surface area (Å²) >= 11 is 0. The van der Waals surface area contributed by atoms with Gasteiger partial charge in [0.1, 0.15) is 0 Å². The summed E-state index contributed by atoms with van der Waals surface area (Å²) < 4.78 is 0. The molecule has 2 aliphatic carbocycles. The average Bonchev–Trinajstić information content (AvgIpc) is 3.12. The van der Waals surface area contributed by atoms with Crippen LogP contribution in [0.3, 0.4) is 0 Å². The van der Waals surface area contributed by atoms with Crippen molar-refractivity contribution in [2.24, 2.45) is 11.8 Å². The summed E-state index contributed by atoms with van der Waals surface area (Å²) in [6.45, 7) is 1.21. The van der Waals surface area contributed by atoms with Crippen LogP contribution in [0.1, 0.15) is 50.1 Å². The Hall–Kier alpha value is -0.820. The molecule has 0 bridgehead atoms. The molecule has 0 amide bonds. The predicted octanol–water partition coefficient (Wildman–Crippen LogP) is 3.92. The molecule has 1 heteroatoms. The minimum atomic E-state index is 0.622. The maximum atomic E-state index is 3.80. The maximum Gasteiger partial charge on any atom is 0.0348 e. The van der Waals surface area contributed by atoms with Gasteiger partial charge in [-0.05, 0) is 43.2 Å². The van der Waals surface area contributed by atoms with Gasteiger partial charge in [0.15, 0.2) is 0 Å². The van der Waals surface area contributed by atoms with E-state index in [4.69, 9.17) is 0 Å². The molecule has 0 radical (unpaired) electrons. The van der Waals surface area contributed by atoms with Crippen LogP contribution in [0.15, 0.2) is 30.3 Å². The molecular weight excluding hydrogens is 206 g/mol. The molecule has 1 unspecified atom stereocenters. The Bertz CT molecular complexity index is 338. The van der Waals surface area contributed by atoms with Gasteiger partial charge in [0.05, 0.1) is 0 Å². The Morgan fingerprint density at radius 2 is 1.82 bits per heavy atom. The minimum absolute atomic E-state index is 0.622. The first-order chi connectivity index (χ1) is 8.43. The van der Waals surface area contributed by atoms with Crippen molar-refractivity contribution in [1.82, 2.24) is 5.32 Å². The fourth-order valence-corrected chi connectivity index (χ4v) is 2.87. The Kier molecular flexibility index (Phi) is 3.46. The Labute approximate surface area is 105 Å². The lowest BCUT2D eigenvalue weighted by molar-refractivity contribution is 0.285. The first kappa shape index (κ1) is 11.3. The summed E-state index contributed by atoms with van der Waals surface area (Å²) in [6.07, 6.45) is 8.62. The van der Waals surface area contributed by atoms with Gasteiger partial charge in [-0.1, -0.05) is 49.6 Å². The lowest BCUT2D eigenvalue weighted by Gasteiger charge is -2.27. The number of benzene rings is 1. The van der Waals surface area contributed by atoms with E-state index in [-0.39, 0.29) is 0 Å². The molecule has 92 valence electrons. The molecule has 1 atom stereocenters. The van der Waals surface area contributed by atoms with Crippen LogP contribution in [0.4, 0.5) is 0 Å². The van der Waals surface area contributed by atoms with Crippen molar-refractivity contribution in [3.05, 3.63) is 35.9 Å². The Balaban J connectivity index is 1.53. The summed E-state index contributed by atoms with van der Waals surface area (Å²) in [4.78, 5) is 0. The SMILES string of the molecule is c1ccc(C(NCCC2CCC2)C2CC2)cc1. The average molecular weight is 229 g/mol. The zero-order valence-electron chi connectivity index (χ0n) is 10.6. The topological polar surface area (TPSA) is 12.0 Å². The van der Waals surface area contributed by atoms with E-state index in [0.29, 0.717) is 6.04 Å². The molecule has 17 heavy (non-hydrogen) atoms. The lowest BCUT2D eigenvalue weighted by Crippen LogP contribution is -2.27. The van der Waals surface area contributed by atoms with E-state index in [2.05, 4.69) is 35.6 Å². The normalized spacial score (nSPS) is 22.1. The molecule has 0 heterocycles. The van der Waals surface area contributed by atoms with Gasteiger partial charge >= 0.3 is 0 Å². The third kappa shape index (κ3) is 2.90. The van der Waals surface area contributed by atoms with Gasteiger partial charge in [0.2, 0.25) is 0 Å². The number of rotatable bonds is 6. The molecule has 0 spiro atoms. The first-order valence-corrected chi connectivity index (χ1v) is 7.22. The number of nitrogens with one attached hydrogen (secondary N) is 1. The van der Waals surface area contributed by atoms with Gasteiger partial charge in [-0.15, -0.1) is 0 Å². The number of hydrogen-bond donors (Lipinski definition) is 1. The van der Waals surface area contributed by atoms with Gasteiger partial charge in [-0.3, -0.25) is 0 Å². The van der Waals surface area contributed by atoms with E-state index >= 15 is 0 Å². The first-order valence-electron chi connectivity index (χ1n) is 7.22. The van der Waals surface area contributed by atoms with Crippen molar-refractivity contribution in [2.45, 2.75) is 44.6 Å². The summed E-state index contributed by atoms with van der Waals surface area (Å²) in [6, 6.07) is 11.6. The molecular formula is C16H23N. The highest BCUT2D eigenvalue weighted by molar-refractivity contribution is 5.21. The van der Waals surface area contributed by atoms with Gasteiger partial charge in [-0.25, -0.2) is 0 Å². The Morgan fingerprint density at radius 1 is 1.06 bits per heavy atom. The van der Waals surface area contributed by atoms with Crippen LogP contribution < -0.4 is 5.32 Å². The highest BCUT2D eigenvalue weighted by atomic mass is 14.9. The van der Waals surface area contributed by atoms with Crippen molar-refractivity contribution in [2.75, 3.05) is 6.54 Å². The molecule has 2 fully saturated rings. The summed E-state index contributed by atoms with van der Waals surface area (Å²) in [5.74, 6) is 1.93. The molecule has 0 aliphatic heterocycles. The van der Waals surface area contributed by atoms with Gasteiger partial charge in [-0.2, -0.15) is 0 Å². The van der Waals surface area contributed by atoms with Crippen LogP contribution in [0.5, 0.6) is 0 Å². The predicted molar refractivity (Wildman–Crippen MR) is 71.9 cm³/mol. The van der Waals surface area contributed by atoms with Crippen molar-refractivity contribution in [3.8, 4) is 0 Å². The van der Waals surface area contributed by atoms with Crippen LogP contribution in [0.25, 0.3) is 0 Å². The monoisotopic (exact) mass is 229 g/mol. The fraction of sp³-hybridized carbons (Fsp3) is 0.625. The van der Waals surface area contributed by atoms with Gasteiger partial charge in [0.25, 0.3) is 0 Å². The molecule has 2 aliphatic rings. The van der Waals surface area contributed by atoms with Crippen LogP contribution in [0.2, 0.25) is 0 Å². The van der Waals surface area contributed by atoms with E-state index in [1.807, 2.05) is 0 Å². The van der Waals surface area contributed by atoms with Crippen molar-refractivity contribution >= 4 is 0 Å². The standard InChI is InChI=1S/C16H23N/c1-2-7-14(8-3-1)16(15-9-10-15)17-12-11-13-5-4-6-13/h1-3,7-8,13,15-17H,4-6,9-12H2. The third-order valence-corrected chi connectivity index (χ3v) is 4.39. The van der Waals surface area contributed by atoms with Crippen molar-refractivity contribution in [3.63, 3.8) is 0 Å². The maximum absolute atomic E-state index is 3.80. The highest BCUT2D eigenvalue weighted by Gasteiger charge is 2.31. The van der Waals surface area contributed by atoms with Gasteiger partial charge < -0.3 is 5.32 Å². The highest BCUT2D eigenvalue weighted by Crippen LogP contribution is 2.41. The molecule has 2 saturated carbocycles. The molecule has 1 aromatic rings. The second kappa shape index (κ2) is 5.22. The molecule has 1 N–H and O–H groups in total. The molecule has 1 nitrogen and oxygen atoms in total. The van der Waals surface area contributed by atoms with Crippen LogP contribution >= 0.6 is 0 Å². The van der Waals surface area contributed by atoms with E-state index in [1.54, 1.807) is 0 Å². The fourth-order valence-electron chi connectivity index (χ4n) is 2.87. The lowest BCUT2D eigenvalue weighted by atomic mass is 9.83. The van der Waals surface area contributed by atoms with Crippen LogP contribution in [-0.4, -0.2) is 6.54 Å².